The molecule has 1 fully saturated rings. The second-order valence-corrected chi connectivity index (χ2v) is 7.33. The highest BCUT2D eigenvalue weighted by molar-refractivity contribution is 5.98. The predicted molar refractivity (Wildman–Crippen MR) is 101 cm³/mol. The fraction of sp³-hybridized carbons (Fsp3) is 0.500. The molecule has 8 nitrogen and oxygen atoms in total. The van der Waals surface area contributed by atoms with E-state index in [9.17, 15) is 9.59 Å². The van der Waals surface area contributed by atoms with Crippen molar-refractivity contribution in [3.05, 3.63) is 35.5 Å². The molecule has 0 spiro atoms. The molecule has 1 aromatic heterocycles. The van der Waals surface area contributed by atoms with Gasteiger partial charge in [0.25, 0.3) is 5.91 Å². The minimum atomic E-state index is -0.0814. The minimum Gasteiger partial charge on any atom is -0.482 e. The molecule has 1 aromatic carbocycles. The van der Waals surface area contributed by atoms with Crippen LogP contribution in [-0.2, 0) is 16.0 Å². The minimum absolute atomic E-state index is 0.0375. The van der Waals surface area contributed by atoms with Crippen molar-refractivity contribution in [2.75, 3.05) is 24.6 Å². The molecule has 1 aliphatic carbocycles. The molecule has 1 aliphatic heterocycles. The lowest BCUT2D eigenvalue weighted by Crippen LogP contribution is -2.39. The Hall–Kier alpha value is -2.90. The average molecular weight is 384 g/mol. The fourth-order valence-corrected chi connectivity index (χ4v) is 3.22. The molecule has 0 radical (unpaired) electrons. The van der Waals surface area contributed by atoms with Crippen LogP contribution in [0, 0.1) is 6.92 Å². The van der Waals surface area contributed by atoms with E-state index in [1.165, 1.54) is 0 Å². The maximum Gasteiger partial charge on any atom is 0.265 e. The molecule has 2 heterocycles. The smallest absolute Gasteiger partial charge is 0.265 e. The quantitative estimate of drug-likeness (QED) is 0.749. The summed E-state index contributed by atoms with van der Waals surface area (Å²) in [6.07, 6.45) is 3.73. The molecule has 2 aromatic rings. The van der Waals surface area contributed by atoms with Crippen molar-refractivity contribution in [1.29, 1.82) is 0 Å². The standard InChI is InChI=1S/C20H24N4O4/c1-13-4-7-16-15(11-13)24(19(26)12-27-16)10-2-3-18(25)21-9-8-17-22-20(28-23-17)14-5-6-14/h4,7,11,14H,2-3,5-6,8-10,12H2,1H3,(H,21,25). The van der Waals surface area contributed by atoms with Gasteiger partial charge in [0.1, 0.15) is 5.75 Å². The van der Waals surface area contributed by atoms with Crippen molar-refractivity contribution in [1.82, 2.24) is 15.5 Å². The van der Waals surface area contributed by atoms with Crippen LogP contribution in [-0.4, -0.2) is 41.7 Å². The normalized spacial score (nSPS) is 15.9. The number of hydrogen-bond acceptors (Lipinski definition) is 6. The van der Waals surface area contributed by atoms with Gasteiger partial charge in [-0.2, -0.15) is 4.98 Å². The third-order valence-corrected chi connectivity index (χ3v) is 4.92. The fourth-order valence-electron chi connectivity index (χ4n) is 3.22. The number of carbonyl (C=O) groups is 2. The van der Waals surface area contributed by atoms with Crippen LogP contribution in [0.3, 0.4) is 0 Å². The number of amides is 2. The Balaban J connectivity index is 1.21. The highest BCUT2D eigenvalue weighted by Gasteiger charge is 2.29. The lowest BCUT2D eigenvalue weighted by molar-refractivity contribution is -0.122. The van der Waals surface area contributed by atoms with Crippen LogP contribution in [0.1, 0.15) is 48.9 Å². The summed E-state index contributed by atoms with van der Waals surface area (Å²) in [5.74, 6) is 2.37. The Bertz CT molecular complexity index is 875. The molecule has 2 amide bonds. The summed E-state index contributed by atoms with van der Waals surface area (Å²) in [6, 6.07) is 5.77. The third kappa shape index (κ3) is 4.32. The van der Waals surface area contributed by atoms with Gasteiger partial charge >= 0.3 is 0 Å². The Labute approximate surface area is 163 Å². The molecule has 0 bridgehead atoms. The SMILES string of the molecule is Cc1ccc2c(c1)N(CCCC(=O)NCCc1noc(C3CC3)n1)C(=O)CO2. The summed E-state index contributed by atoms with van der Waals surface area (Å²) in [4.78, 5) is 30.3. The molecule has 1 N–H and O–H groups in total. The second kappa shape index (κ2) is 8.00. The monoisotopic (exact) mass is 384 g/mol. The Kier molecular flexibility index (Phi) is 5.27. The van der Waals surface area contributed by atoms with Crippen molar-refractivity contribution in [2.24, 2.45) is 0 Å². The van der Waals surface area contributed by atoms with E-state index in [1.807, 2.05) is 25.1 Å². The number of aryl methyl sites for hydroxylation is 1. The van der Waals surface area contributed by atoms with Gasteiger partial charge in [0.05, 0.1) is 5.69 Å². The van der Waals surface area contributed by atoms with Crippen LogP contribution in [0.15, 0.2) is 22.7 Å². The van der Waals surface area contributed by atoms with Crippen molar-refractivity contribution in [2.45, 2.75) is 44.9 Å². The average Bonchev–Trinajstić information content (AvgIpc) is 3.42. The van der Waals surface area contributed by atoms with Crippen LogP contribution in [0.5, 0.6) is 5.75 Å². The maximum atomic E-state index is 12.2. The number of ether oxygens (including phenoxy) is 1. The summed E-state index contributed by atoms with van der Waals surface area (Å²) in [5.41, 5.74) is 1.84. The van der Waals surface area contributed by atoms with Gasteiger partial charge < -0.3 is 19.5 Å². The van der Waals surface area contributed by atoms with E-state index in [2.05, 4.69) is 15.5 Å². The Morgan fingerprint density at radius 2 is 2.21 bits per heavy atom. The first-order valence-electron chi connectivity index (χ1n) is 9.73. The molecule has 4 rings (SSSR count). The Morgan fingerprint density at radius 1 is 1.36 bits per heavy atom. The van der Waals surface area contributed by atoms with E-state index in [1.54, 1.807) is 4.90 Å². The first kappa shape index (κ1) is 18.5. The molecule has 0 atom stereocenters. The molecule has 8 heteroatoms. The number of benzene rings is 1. The van der Waals surface area contributed by atoms with E-state index in [4.69, 9.17) is 9.26 Å². The number of carbonyl (C=O) groups excluding carboxylic acids is 2. The van der Waals surface area contributed by atoms with Crippen LogP contribution in [0.25, 0.3) is 0 Å². The highest BCUT2D eigenvalue weighted by atomic mass is 16.5. The van der Waals surface area contributed by atoms with Crippen LogP contribution < -0.4 is 15.0 Å². The number of fused-ring (bicyclic) bond motifs is 1. The van der Waals surface area contributed by atoms with Crippen LogP contribution in [0.4, 0.5) is 5.69 Å². The van der Waals surface area contributed by atoms with E-state index in [0.717, 1.165) is 24.1 Å². The van der Waals surface area contributed by atoms with E-state index in [-0.39, 0.29) is 18.4 Å². The molecule has 28 heavy (non-hydrogen) atoms. The van der Waals surface area contributed by atoms with Crippen molar-refractivity contribution >= 4 is 17.5 Å². The molecule has 2 aliphatic rings. The molecule has 0 saturated heterocycles. The van der Waals surface area contributed by atoms with Crippen LogP contribution in [0.2, 0.25) is 0 Å². The number of hydrogen-bond donors (Lipinski definition) is 1. The van der Waals surface area contributed by atoms with Crippen molar-refractivity contribution in [3.8, 4) is 5.75 Å². The lowest BCUT2D eigenvalue weighted by atomic mass is 10.1. The van der Waals surface area contributed by atoms with Gasteiger partial charge in [0.2, 0.25) is 11.8 Å². The largest absolute Gasteiger partial charge is 0.482 e. The number of aromatic nitrogens is 2. The number of nitrogens with one attached hydrogen (secondary N) is 1. The summed E-state index contributed by atoms with van der Waals surface area (Å²) in [5, 5.41) is 6.81. The van der Waals surface area contributed by atoms with Gasteiger partial charge in [-0.1, -0.05) is 11.2 Å². The van der Waals surface area contributed by atoms with E-state index in [0.29, 0.717) is 55.7 Å². The van der Waals surface area contributed by atoms with Crippen LogP contribution >= 0.6 is 0 Å². The third-order valence-electron chi connectivity index (χ3n) is 4.92. The van der Waals surface area contributed by atoms with Crippen molar-refractivity contribution in [3.63, 3.8) is 0 Å². The molecule has 148 valence electrons. The van der Waals surface area contributed by atoms with Gasteiger partial charge in [0, 0.05) is 31.8 Å². The maximum absolute atomic E-state index is 12.2. The van der Waals surface area contributed by atoms with Gasteiger partial charge in [-0.05, 0) is 43.9 Å². The predicted octanol–water partition coefficient (Wildman–Crippen LogP) is 2.12. The molecular formula is C20H24N4O4. The molecular weight excluding hydrogens is 360 g/mol. The van der Waals surface area contributed by atoms with Crippen molar-refractivity contribution < 1.29 is 18.8 Å². The zero-order valence-corrected chi connectivity index (χ0v) is 15.9. The molecule has 0 unspecified atom stereocenters. The van der Waals surface area contributed by atoms with Gasteiger partial charge in [0.15, 0.2) is 12.4 Å². The number of nitrogens with zero attached hydrogens (tertiary/aromatic N) is 3. The summed E-state index contributed by atoms with van der Waals surface area (Å²) >= 11 is 0. The first-order chi connectivity index (χ1) is 13.6. The molecule has 1 saturated carbocycles. The summed E-state index contributed by atoms with van der Waals surface area (Å²) in [7, 11) is 0. The zero-order valence-electron chi connectivity index (χ0n) is 15.9. The lowest BCUT2D eigenvalue weighted by Gasteiger charge is -2.29. The summed E-state index contributed by atoms with van der Waals surface area (Å²) < 4.78 is 10.7. The Morgan fingerprint density at radius 3 is 3.04 bits per heavy atom. The highest BCUT2D eigenvalue weighted by Crippen LogP contribution is 2.38. The van der Waals surface area contributed by atoms with E-state index >= 15 is 0 Å². The van der Waals surface area contributed by atoms with E-state index < -0.39 is 0 Å². The summed E-state index contributed by atoms with van der Waals surface area (Å²) in [6.45, 7) is 2.97. The number of rotatable bonds is 8. The zero-order chi connectivity index (χ0) is 19.5. The topological polar surface area (TPSA) is 97.6 Å². The first-order valence-corrected chi connectivity index (χ1v) is 9.73. The van der Waals surface area contributed by atoms with Gasteiger partial charge in [-0.15, -0.1) is 0 Å². The van der Waals surface area contributed by atoms with Gasteiger partial charge in [-0.25, -0.2) is 0 Å². The van der Waals surface area contributed by atoms with Gasteiger partial charge in [-0.3, -0.25) is 9.59 Å². The number of anilines is 1. The second-order valence-electron chi connectivity index (χ2n) is 7.33.